The van der Waals surface area contributed by atoms with Crippen molar-refractivity contribution in [1.82, 2.24) is 10.3 Å². The van der Waals surface area contributed by atoms with Crippen LogP contribution in [0.4, 0.5) is 0 Å². The predicted octanol–water partition coefficient (Wildman–Crippen LogP) is 2.58. The van der Waals surface area contributed by atoms with E-state index in [1.165, 1.54) is 11.1 Å². The van der Waals surface area contributed by atoms with Gasteiger partial charge in [0.25, 0.3) is 5.91 Å². The van der Waals surface area contributed by atoms with Crippen molar-refractivity contribution in [3.63, 3.8) is 0 Å². The molecule has 4 rings (SSSR count). The molecule has 0 bridgehead atoms. The maximum Gasteiger partial charge on any atom is 0.273 e. The number of nitrogens with one attached hydrogen (secondary N) is 1. The maximum atomic E-state index is 12.3. The smallest absolute Gasteiger partial charge is 0.273 e. The predicted molar refractivity (Wildman–Crippen MR) is 72.4 cm³/mol. The molecular weight excluding hydrogens is 252 g/mol. The number of hydrogen-bond acceptors (Lipinski definition) is 4. The second kappa shape index (κ2) is 3.96. The lowest BCUT2D eigenvalue weighted by molar-refractivity contribution is -0.118. The molecule has 1 aromatic heterocycles. The zero-order chi connectivity index (χ0) is 13.7. The first kappa shape index (κ1) is 11.3. The Labute approximate surface area is 115 Å². The summed E-state index contributed by atoms with van der Waals surface area (Å²) < 4.78 is 0. The quantitative estimate of drug-likeness (QED) is 0.911. The molecule has 1 aromatic rings. The van der Waals surface area contributed by atoms with Crippen LogP contribution in [-0.4, -0.2) is 10.9 Å². The van der Waals surface area contributed by atoms with Gasteiger partial charge in [0.2, 0.25) is 0 Å². The van der Waals surface area contributed by atoms with Crippen molar-refractivity contribution in [2.75, 3.05) is 0 Å². The van der Waals surface area contributed by atoms with Crippen LogP contribution in [0.1, 0.15) is 25.1 Å². The molecule has 1 amide bonds. The van der Waals surface area contributed by atoms with E-state index < -0.39 is 0 Å². The zero-order valence-electron chi connectivity index (χ0n) is 10.9. The van der Waals surface area contributed by atoms with E-state index in [1.54, 1.807) is 6.20 Å². The van der Waals surface area contributed by atoms with Gasteiger partial charge in [-0.3, -0.25) is 9.78 Å². The Hall–Kier alpha value is -2.56. The molecule has 1 aliphatic heterocycles. The summed E-state index contributed by atoms with van der Waals surface area (Å²) in [7, 11) is 0. The van der Waals surface area contributed by atoms with Gasteiger partial charge in [0, 0.05) is 18.2 Å². The summed E-state index contributed by atoms with van der Waals surface area (Å²) in [6.07, 6.45) is 4.73. The van der Waals surface area contributed by atoms with Crippen LogP contribution in [0.3, 0.4) is 0 Å². The lowest BCUT2D eigenvalue weighted by Crippen LogP contribution is -2.28. The molecule has 1 fully saturated rings. The first-order valence-electron chi connectivity index (χ1n) is 6.56. The highest BCUT2D eigenvalue weighted by molar-refractivity contribution is 5.97. The molecule has 1 saturated carbocycles. The number of azo groups is 1. The van der Waals surface area contributed by atoms with Crippen molar-refractivity contribution in [3.05, 3.63) is 64.3 Å². The standard InChI is InChI=1S/C15H12N4O/c1-8(12-4-2-3-5-16-12)17-15(20)14-11-7-9-6-10(9)13(11)18-19-14/h2-5,7-8H,6H2,1H3,(H,17,20)/t8-/m0/s1. The molecule has 1 atom stereocenters. The Bertz CT molecular complexity index is 740. The highest BCUT2D eigenvalue weighted by atomic mass is 16.2. The number of allylic oxidation sites excluding steroid dienone is 3. The van der Waals surface area contributed by atoms with E-state index in [4.69, 9.17) is 0 Å². The summed E-state index contributed by atoms with van der Waals surface area (Å²) in [5, 5.41) is 11.0. The van der Waals surface area contributed by atoms with Crippen LogP contribution in [0.5, 0.6) is 0 Å². The third kappa shape index (κ3) is 1.63. The second-order valence-corrected chi connectivity index (χ2v) is 5.09. The topological polar surface area (TPSA) is 66.7 Å². The van der Waals surface area contributed by atoms with Gasteiger partial charge in [0.05, 0.1) is 17.4 Å². The minimum absolute atomic E-state index is 0.160. The fraction of sp³-hybridized carbons (Fsp3) is 0.200. The summed E-state index contributed by atoms with van der Waals surface area (Å²) in [5.41, 5.74) is 5.52. The molecule has 5 nitrogen and oxygen atoms in total. The molecule has 0 saturated heterocycles. The number of nitrogens with zero attached hydrogens (tertiary/aromatic N) is 3. The van der Waals surface area contributed by atoms with Crippen LogP contribution in [0.15, 0.2) is 68.8 Å². The highest BCUT2D eigenvalue weighted by Gasteiger charge is 2.38. The lowest BCUT2D eigenvalue weighted by Gasteiger charge is -2.12. The summed E-state index contributed by atoms with van der Waals surface area (Å²) >= 11 is 0. The molecular formula is C15H12N4O. The van der Waals surface area contributed by atoms with Gasteiger partial charge < -0.3 is 5.32 Å². The Morgan fingerprint density at radius 2 is 2.25 bits per heavy atom. The van der Waals surface area contributed by atoms with Gasteiger partial charge in [-0.15, -0.1) is 10.2 Å². The van der Waals surface area contributed by atoms with Crippen molar-refractivity contribution >= 4 is 5.91 Å². The van der Waals surface area contributed by atoms with Crippen LogP contribution in [-0.2, 0) is 4.79 Å². The van der Waals surface area contributed by atoms with E-state index in [0.29, 0.717) is 5.70 Å². The Balaban J connectivity index is 1.55. The number of rotatable bonds is 3. The van der Waals surface area contributed by atoms with Gasteiger partial charge >= 0.3 is 0 Å². The normalized spacial score (nSPS) is 19.8. The van der Waals surface area contributed by atoms with Crippen LogP contribution in [0.2, 0.25) is 0 Å². The zero-order valence-corrected chi connectivity index (χ0v) is 10.9. The molecule has 2 heterocycles. The van der Waals surface area contributed by atoms with Crippen LogP contribution in [0.25, 0.3) is 0 Å². The Morgan fingerprint density at radius 3 is 3.05 bits per heavy atom. The largest absolute Gasteiger partial charge is 0.343 e. The molecule has 0 spiro atoms. The van der Waals surface area contributed by atoms with Crippen LogP contribution < -0.4 is 5.32 Å². The van der Waals surface area contributed by atoms with Crippen LogP contribution in [0, 0.1) is 0 Å². The van der Waals surface area contributed by atoms with E-state index in [1.807, 2.05) is 31.2 Å². The monoisotopic (exact) mass is 264 g/mol. The van der Waals surface area contributed by atoms with E-state index in [0.717, 1.165) is 23.4 Å². The van der Waals surface area contributed by atoms with E-state index in [2.05, 4.69) is 20.5 Å². The number of carbonyl (C=O) groups excluding carboxylic acids is 1. The highest BCUT2D eigenvalue weighted by Crippen LogP contribution is 2.51. The number of fused-ring (bicyclic) bond motifs is 2. The number of pyridine rings is 1. The minimum atomic E-state index is -0.198. The average Bonchev–Trinajstić information content (AvgIpc) is 2.95. The summed E-state index contributed by atoms with van der Waals surface area (Å²) in [4.78, 5) is 16.5. The first-order chi connectivity index (χ1) is 9.74. The summed E-state index contributed by atoms with van der Waals surface area (Å²) in [5.74, 6) is -0.198. The molecule has 5 heteroatoms. The van der Waals surface area contributed by atoms with Crippen molar-refractivity contribution in [2.45, 2.75) is 19.4 Å². The number of amides is 1. The van der Waals surface area contributed by atoms with Gasteiger partial charge in [0.1, 0.15) is 0 Å². The number of carbonyl (C=O) groups is 1. The van der Waals surface area contributed by atoms with Gasteiger partial charge in [-0.05, 0) is 36.3 Å². The molecule has 98 valence electrons. The maximum absolute atomic E-state index is 12.3. The average molecular weight is 264 g/mol. The van der Waals surface area contributed by atoms with Crippen molar-refractivity contribution in [2.24, 2.45) is 10.2 Å². The Morgan fingerprint density at radius 1 is 1.35 bits per heavy atom. The third-order valence-electron chi connectivity index (χ3n) is 3.69. The minimum Gasteiger partial charge on any atom is -0.343 e. The second-order valence-electron chi connectivity index (χ2n) is 5.09. The summed E-state index contributed by atoms with van der Waals surface area (Å²) in [6.45, 7) is 1.90. The van der Waals surface area contributed by atoms with Crippen molar-refractivity contribution in [1.29, 1.82) is 0 Å². The molecule has 0 unspecified atom stereocenters. The molecule has 20 heavy (non-hydrogen) atoms. The summed E-state index contributed by atoms with van der Waals surface area (Å²) in [6, 6.07) is 5.48. The molecule has 0 aromatic carbocycles. The first-order valence-corrected chi connectivity index (χ1v) is 6.56. The fourth-order valence-electron chi connectivity index (χ4n) is 2.51. The molecule has 3 aliphatic rings. The van der Waals surface area contributed by atoms with Gasteiger partial charge in [-0.1, -0.05) is 6.07 Å². The van der Waals surface area contributed by atoms with Gasteiger partial charge in [0.15, 0.2) is 5.70 Å². The third-order valence-corrected chi connectivity index (χ3v) is 3.69. The molecule has 2 aliphatic carbocycles. The number of hydrogen-bond donors (Lipinski definition) is 1. The fourth-order valence-corrected chi connectivity index (χ4v) is 2.51. The van der Waals surface area contributed by atoms with E-state index in [9.17, 15) is 4.79 Å². The molecule has 0 radical (unpaired) electrons. The van der Waals surface area contributed by atoms with Gasteiger partial charge in [-0.2, -0.15) is 0 Å². The van der Waals surface area contributed by atoms with Crippen molar-refractivity contribution < 1.29 is 4.79 Å². The lowest BCUT2D eigenvalue weighted by atomic mass is 10.1. The van der Waals surface area contributed by atoms with Crippen LogP contribution >= 0.6 is 0 Å². The van der Waals surface area contributed by atoms with Gasteiger partial charge in [-0.25, -0.2) is 0 Å². The number of aromatic nitrogens is 1. The van der Waals surface area contributed by atoms with E-state index in [-0.39, 0.29) is 11.9 Å². The van der Waals surface area contributed by atoms with Crippen molar-refractivity contribution in [3.8, 4) is 0 Å². The van der Waals surface area contributed by atoms with E-state index >= 15 is 0 Å². The Kier molecular flexibility index (Phi) is 2.24. The SMILES string of the molecule is C[C@H](NC(=O)C1=C2C=C3CC3=C2N=N1)c1ccccn1. The molecule has 1 N–H and O–H groups in total.